The number of halogens is 2. The van der Waals surface area contributed by atoms with Gasteiger partial charge < -0.3 is 5.73 Å². The minimum absolute atomic E-state index is 0.0575. The summed E-state index contributed by atoms with van der Waals surface area (Å²) in [7, 11) is 0. The Hall–Kier alpha value is -0.550. The molecule has 0 heterocycles. The van der Waals surface area contributed by atoms with Crippen molar-refractivity contribution in [3.63, 3.8) is 0 Å². The molecule has 0 spiro atoms. The SMILES string of the molecule is CC(C)(C)Sc1ccc(C(=N)N)c(Br)c1F. The molecule has 3 N–H and O–H groups in total. The average molecular weight is 305 g/mol. The van der Waals surface area contributed by atoms with Crippen molar-refractivity contribution in [1.29, 1.82) is 5.41 Å². The molecule has 0 amide bonds. The first kappa shape index (κ1) is 13.5. The molecule has 0 atom stereocenters. The van der Waals surface area contributed by atoms with Crippen LogP contribution in [-0.2, 0) is 0 Å². The van der Waals surface area contributed by atoms with Crippen molar-refractivity contribution in [3.05, 3.63) is 28.0 Å². The summed E-state index contributed by atoms with van der Waals surface area (Å²) >= 11 is 4.58. The molecule has 0 unspecified atom stereocenters. The number of amidine groups is 1. The van der Waals surface area contributed by atoms with Gasteiger partial charge in [0.15, 0.2) is 5.82 Å². The van der Waals surface area contributed by atoms with Gasteiger partial charge in [0.2, 0.25) is 0 Å². The zero-order valence-corrected chi connectivity index (χ0v) is 11.8. The standard InChI is InChI=1S/C11H14BrFN2S/c1-11(2,3)16-7-5-4-6(10(14)15)8(12)9(7)13/h4-5H,1-3H3,(H3,14,15). The first-order valence-electron chi connectivity index (χ1n) is 4.74. The topological polar surface area (TPSA) is 49.9 Å². The Bertz CT molecular complexity index is 427. The summed E-state index contributed by atoms with van der Waals surface area (Å²) in [5.41, 5.74) is 5.73. The van der Waals surface area contributed by atoms with Gasteiger partial charge in [-0.2, -0.15) is 0 Å². The predicted molar refractivity (Wildman–Crippen MR) is 70.7 cm³/mol. The Kier molecular flexibility index (Phi) is 4.02. The highest BCUT2D eigenvalue weighted by molar-refractivity contribution is 9.10. The molecule has 0 saturated carbocycles. The summed E-state index contributed by atoms with van der Waals surface area (Å²) < 4.78 is 14.1. The summed E-state index contributed by atoms with van der Waals surface area (Å²) in [5, 5.41) is 7.30. The lowest BCUT2D eigenvalue weighted by atomic mass is 10.2. The van der Waals surface area contributed by atoms with Crippen LogP contribution >= 0.6 is 27.7 Å². The number of benzene rings is 1. The van der Waals surface area contributed by atoms with E-state index in [0.717, 1.165) is 0 Å². The van der Waals surface area contributed by atoms with Gasteiger partial charge in [-0.05, 0) is 28.1 Å². The van der Waals surface area contributed by atoms with E-state index in [1.165, 1.54) is 11.8 Å². The number of rotatable bonds is 2. The molecule has 1 aromatic rings. The summed E-state index contributed by atoms with van der Waals surface area (Å²) in [4.78, 5) is 0.560. The lowest BCUT2D eigenvalue weighted by Gasteiger charge is -2.18. The van der Waals surface area contributed by atoms with Crippen molar-refractivity contribution >= 4 is 33.5 Å². The number of hydrogen-bond acceptors (Lipinski definition) is 2. The third-order valence-electron chi connectivity index (χ3n) is 1.75. The fourth-order valence-electron chi connectivity index (χ4n) is 1.15. The Labute approximate surface area is 107 Å². The van der Waals surface area contributed by atoms with E-state index < -0.39 is 0 Å². The van der Waals surface area contributed by atoms with E-state index in [-0.39, 0.29) is 20.9 Å². The fourth-order valence-corrected chi connectivity index (χ4v) is 2.83. The molecule has 2 nitrogen and oxygen atoms in total. The van der Waals surface area contributed by atoms with E-state index in [1.54, 1.807) is 12.1 Å². The van der Waals surface area contributed by atoms with E-state index in [4.69, 9.17) is 11.1 Å². The van der Waals surface area contributed by atoms with Gasteiger partial charge in [-0.25, -0.2) is 4.39 Å². The Morgan fingerprint density at radius 3 is 2.44 bits per heavy atom. The second-order valence-electron chi connectivity index (χ2n) is 4.37. The van der Waals surface area contributed by atoms with Crippen LogP contribution in [0, 0.1) is 11.2 Å². The first-order chi connectivity index (χ1) is 7.22. The maximum atomic E-state index is 13.9. The second kappa shape index (κ2) is 4.75. The summed E-state index contributed by atoms with van der Waals surface area (Å²) in [6.45, 7) is 6.05. The van der Waals surface area contributed by atoms with Gasteiger partial charge in [-0.15, -0.1) is 11.8 Å². The summed E-state index contributed by atoms with van der Waals surface area (Å²) in [6.07, 6.45) is 0. The van der Waals surface area contributed by atoms with E-state index in [1.807, 2.05) is 20.8 Å². The Balaban J connectivity index is 3.17. The van der Waals surface area contributed by atoms with Crippen LogP contribution in [0.2, 0.25) is 0 Å². The molecule has 0 bridgehead atoms. The van der Waals surface area contributed by atoms with Crippen LogP contribution in [0.4, 0.5) is 4.39 Å². The smallest absolute Gasteiger partial charge is 0.151 e. The number of nitrogen functional groups attached to an aromatic ring is 1. The zero-order chi connectivity index (χ0) is 12.5. The van der Waals surface area contributed by atoms with Gasteiger partial charge in [0.25, 0.3) is 0 Å². The van der Waals surface area contributed by atoms with Gasteiger partial charge in [0, 0.05) is 15.2 Å². The average Bonchev–Trinajstić information content (AvgIpc) is 2.10. The van der Waals surface area contributed by atoms with Gasteiger partial charge >= 0.3 is 0 Å². The van der Waals surface area contributed by atoms with Gasteiger partial charge in [0.1, 0.15) is 5.84 Å². The van der Waals surface area contributed by atoms with E-state index in [9.17, 15) is 4.39 Å². The minimum atomic E-state index is -0.354. The highest BCUT2D eigenvalue weighted by Crippen LogP contribution is 2.36. The minimum Gasteiger partial charge on any atom is -0.384 e. The quantitative estimate of drug-likeness (QED) is 0.496. The molecule has 1 aromatic carbocycles. The van der Waals surface area contributed by atoms with Crippen molar-refractivity contribution in [2.45, 2.75) is 30.4 Å². The fraction of sp³-hybridized carbons (Fsp3) is 0.364. The molecule has 88 valence electrons. The third kappa shape index (κ3) is 3.22. The van der Waals surface area contributed by atoms with Crippen LogP contribution in [0.25, 0.3) is 0 Å². The van der Waals surface area contributed by atoms with Crippen LogP contribution in [0.15, 0.2) is 21.5 Å². The molecule has 0 saturated heterocycles. The predicted octanol–water partition coefficient (Wildman–Crippen LogP) is 3.76. The zero-order valence-electron chi connectivity index (χ0n) is 9.40. The molecular formula is C11H14BrFN2S. The van der Waals surface area contributed by atoms with Crippen LogP contribution < -0.4 is 5.73 Å². The molecule has 0 aliphatic heterocycles. The lowest BCUT2D eigenvalue weighted by molar-refractivity contribution is 0.593. The Morgan fingerprint density at radius 1 is 1.44 bits per heavy atom. The molecule has 1 rings (SSSR count). The molecule has 5 heteroatoms. The van der Waals surface area contributed by atoms with Gasteiger partial charge in [0.05, 0.1) is 4.47 Å². The van der Waals surface area contributed by atoms with Gasteiger partial charge in [-0.3, -0.25) is 5.41 Å². The second-order valence-corrected chi connectivity index (χ2v) is 7.03. The van der Waals surface area contributed by atoms with Crippen molar-refractivity contribution in [1.82, 2.24) is 0 Å². The summed E-state index contributed by atoms with van der Waals surface area (Å²) in [5.74, 6) is -0.495. The molecule has 0 aliphatic carbocycles. The number of thioether (sulfide) groups is 1. The van der Waals surface area contributed by atoms with Crippen LogP contribution in [0.5, 0.6) is 0 Å². The number of nitrogens with two attached hydrogens (primary N) is 1. The maximum Gasteiger partial charge on any atom is 0.151 e. The largest absolute Gasteiger partial charge is 0.384 e. The van der Waals surface area contributed by atoms with Gasteiger partial charge in [-0.1, -0.05) is 20.8 Å². The van der Waals surface area contributed by atoms with Crippen molar-refractivity contribution in [2.75, 3.05) is 0 Å². The summed E-state index contributed by atoms with van der Waals surface area (Å²) in [6, 6.07) is 3.32. The van der Waals surface area contributed by atoms with E-state index >= 15 is 0 Å². The maximum absolute atomic E-state index is 13.9. The number of nitrogens with one attached hydrogen (secondary N) is 1. The molecule has 16 heavy (non-hydrogen) atoms. The molecular weight excluding hydrogens is 291 g/mol. The molecule has 0 radical (unpaired) electrons. The van der Waals surface area contributed by atoms with E-state index in [0.29, 0.717) is 10.5 Å². The molecule has 0 fully saturated rings. The lowest BCUT2D eigenvalue weighted by Crippen LogP contribution is -2.13. The first-order valence-corrected chi connectivity index (χ1v) is 6.35. The monoisotopic (exact) mass is 304 g/mol. The van der Waals surface area contributed by atoms with E-state index in [2.05, 4.69) is 15.9 Å². The van der Waals surface area contributed by atoms with Crippen LogP contribution in [0.3, 0.4) is 0 Å². The molecule has 0 aliphatic rings. The third-order valence-corrected chi connectivity index (χ3v) is 3.68. The van der Waals surface area contributed by atoms with Crippen molar-refractivity contribution in [2.24, 2.45) is 5.73 Å². The highest BCUT2D eigenvalue weighted by Gasteiger charge is 2.18. The molecule has 0 aromatic heterocycles. The number of hydrogen-bond donors (Lipinski definition) is 2. The van der Waals surface area contributed by atoms with Crippen LogP contribution in [0.1, 0.15) is 26.3 Å². The van der Waals surface area contributed by atoms with Crippen molar-refractivity contribution in [3.8, 4) is 0 Å². The highest BCUT2D eigenvalue weighted by atomic mass is 79.9. The van der Waals surface area contributed by atoms with Crippen LogP contribution in [-0.4, -0.2) is 10.6 Å². The Morgan fingerprint density at radius 2 is 2.00 bits per heavy atom. The normalized spacial score (nSPS) is 11.6. The van der Waals surface area contributed by atoms with Crippen molar-refractivity contribution < 1.29 is 4.39 Å².